The van der Waals surface area contributed by atoms with Gasteiger partial charge in [0.25, 0.3) is 0 Å². The van der Waals surface area contributed by atoms with Crippen LogP contribution in [-0.2, 0) is 4.79 Å². The lowest BCUT2D eigenvalue weighted by Gasteiger charge is -2.35. The number of anilines is 4. The summed E-state index contributed by atoms with van der Waals surface area (Å²) in [6.45, 7) is 7.89. The number of nitrogens with one attached hydrogen (secondary N) is 2. The molecule has 1 aliphatic carbocycles. The van der Waals surface area contributed by atoms with Gasteiger partial charge in [-0.05, 0) is 63.9 Å². The molecule has 0 spiro atoms. The molecule has 166 valence electrons. The number of hydrogen-bond acceptors (Lipinski definition) is 7. The molecule has 0 bridgehead atoms. The maximum Gasteiger partial charge on any atom is 0.229 e. The fourth-order valence-corrected chi connectivity index (χ4v) is 4.47. The van der Waals surface area contributed by atoms with Crippen molar-refractivity contribution in [2.45, 2.75) is 39.2 Å². The van der Waals surface area contributed by atoms with Crippen LogP contribution in [0.1, 0.15) is 31.7 Å². The Balaban J connectivity index is 1.43. The van der Waals surface area contributed by atoms with Crippen LogP contribution in [0, 0.1) is 18.7 Å². The molecule has 2 N–H and O–H groups in total. The summed E-state index contributed by atoms with van der Waals surface area (Å²) in [6, 6.07) is 6.25. The second kappa shape index (κ2) is 9.18. The summed E-state index contributed by atoms with van der Waals surface area (Å²) < 4.78 is 14.3. The molecule has 2 aromatic rings. The molecule has 1 saturated carbocycles. The van der Waals surface area contributed by atoms with Crippen LogP contribution in [0.5, 0.6) is 0 Å². The second-order valence-electron chi connectivity index (χ2n) is 8.77. The summed E-state index contributed by atoms with van der Waals surface area (Å²) >= 11 is 0. The maximum atomic E-state index is 14.3. The summed E-state index contributed by atoms with van der Waals surface area (Å²) in [7, 11) is 2.15. The van der Waals surface area contributed by atoms with Gasteiger partial charge >= 0.3 is 0 Å². The molecule has 31 heavy (non-hydrogen) atoms. The van der Waals surface area contributed by atoms with Gasteiger partial charge in [0.1, 0.15) is 5.78 Å². The van der Waals surface area contributed by atoms with Gasteiger partial charge in [-0.1, -0.05) is 0 Å². The summed E-state index contributed by atoms with van der Waals surface area (Å²) in [5, 5.41) is 6.35. The molecular weight excluding hydrogens is 395 g/mol. The van der Waals surface area contributed by atoms with Gasteiger partial charge in [-0.2, -0.15) is 4.98 Å². The number of nitrogens with zero attached hydrogens (tertiary/aromatic N) is 4. The average molecular weight is 427 g/mol. The highest BCUT2D eigenvalue weighted by atomic mass is 19.1. The summed E-state index contributed by atoms with van der Waals surface area (Å²) in [6.07, 6.45) is 3.57. The monoisotopic (exact) mass is 426 g/mol. The number of aromatic nitrogens is 2. The molecule has 8 heteroatoms. The standard InChI is InChI=1S/C23H31FN6O/c1-15-12-18(6-7-21(15)30-10-8-29(3)9-11-30)27-23-25-14-20(24)22(28-23)26-19-5-4-17(13-19)16(2)31/h6-7,12,14,17,19H,4-5,8-11,13H2,1-3H3,(H2,25,26,27,28)/t17-,19+/m0/s1. The van der Waals surface area contributed by atoms with Crippen LogP contribution in [-0.4, -0.2) is 59.9 Å². The highest BCUT2D eigenvalue weighted by Crippen LogP contribution is 2.30. The number of piperazine rings is 1. The van der Waals surface area contributed by atoms with Gasteiger partial charge in [-0.15, -0.1) is 0 Å². The number of carbonyl (C=O) groups is 1. The van der Waals surface area contributed by atoms with Crippen molar-refractivity contribution in [2.24, 2.45) is 5.92 Å². The quantitative estimate of drug-likeness (QED) is 0.731. The van der Waals surface area contributed by atoms with Crippen LogP contribution in [0.2, 0.25) is 0 Å². The van der Waals surface area contributed by atoms with Crippen molar-refractivity contribution < 1.29 is 9.18 Å². The Kier molecular flexibility index (Phi) is 6.36. The van der Waals surface area contributed by atoms with Crippen molar-refractivity contribution in [3.8, 4) is 0 Å². The summed E-state index contributed by atoms with van der Waals surface area (Å²) in [4.78, 5) is 24.8. The smallest absolute Gasteiger partial charge is 0.229 e. The number of likely N-dealkylation sites (N-methyl/N-ethyl adjacent to an activating group) is 1. The maximum absolute atomic E-state index is 14.3. The van der Waals surface area contributed by atoms with Gasteiger partial charge in [-0.3, -0.25) is 4.79 Å². The highest BCUT2D eigenvalue weighted by Gasteiger charge is 2.28. The minimum Gasteiger partial charge on any atom is -0.369 e. The van der Waals surface area contributed by atoms with Crippen molar-refractivity contribution in [3.05, 3.63) is 35.8 Å². The third-order valence-corrected chi connectivity index (χ3v) is 6.39. The van der Waals surface area contributed by atoms with Gasteiger partial charge in [0, 0.05) is 49.5 Å². The van der Waals surface area contributed by atoms with E-state index in [0.29, 0.717) is 12.4 Å². The van der Waals surface area contributed by atoms with E-state index in [9.17, 15) is 9.18 Å². The number of Topliss-reactive ketones (excluding diaryl/α,β-unsaturated/α-hetero) is 1. The molecule has 2 aliphatic rings. The molecule has 7 nitrogen and oxygen atoms in total. The zero-order valence-corrected chi connectivity index (χ0v) is 18.5. The first kappa shape index (κ1) is 21.5. The van der Waals surface area contributed by atoms with Crippen LogP contribution >= 0.6 is 0 Å². The number of rotatable bonds is 6. The van der Waals surface area contributed by atoms with Gasteiger partial charge < -0.3 is 20.4 Å². The van der Waals surface area contributed by atoms with Crippen LogP contribution in [0.15, 0.2) is 24.4 Å². The molecule has 2 atom stereocenters. The number of ketones is 1. The molecule has 2 fully saturated rings. The predicted molar refractivity (Wildman–Crippen MR) is 122 cm³/mol. The molecule has 0 radical (unpaired) electrons. The first-order valence-corrected chi connectivity index (χ1v) is 11.0. The fraction of sp³-hybridized carbons (Fsp3) is 0.522. The Morgan fingerprint density at radius 1 is 1.19 bits per heavy atom. The van der Waals surface area contributed by atoms with Crippen LogP contribution in [0.4, 0.5) is 27.5 Å². The van der Waals surface area contributed by atoms with E-state index in [-0.39, 0.29) is 23.6 Å². The van der Waals surface area contributed by atoms with Crippen molar-refractivity contribution >= 4 is 28.9 Å². The number of benzene rings is 1. The molecule has 0 unspecified atom stereocenters. The Labute approximate surface area is 183 Å². The molecule has 2 heterocycles. The number of hydrogen-bond donors (Lipinski definition) is 2. The number of halogens is 1. The van der Waals surface area contributed by atoms with Gasteiger partial charge in [0.15, 0.2) is 11.6 Å². The summed E-state index contributed by atoms with van der Waals surface area (Å²) in [5.74, 6) is 0.291. The molecule has 4 rings (SSSR count). The predicted octanol–water partition coefficient (Wildman–Crippen LogP) is 3.59. The molecule has 1 aliphatic heterocycles. The minimum absolute atomic E-state index is 0.0521. The molecular formula is C23H31FN6O. The van der Waals surface area contributed by atoms with E-state index in [1.807, 2.05) is 6.07 Å². The van der Waals surface area contributed by atoms with Crippen molar-refractivity contribution in [2.75, 3.05) is 48.8 Å². The zero-order valence-electron chi connectivity index (χ0n) is 18.5. The van der Waals surface area contributed by atoms with E-state index in [4.69, 9.17) is 0 Å². The highest BCUT2D eigenvalue weighted by molar-refractivity contribution is 5.78. The average Bonchev–Trinajstić information content (AvgIpc) is 3.21. The van der Waals surface area contributed by atoms with Crippen LogP contribution in [0.3, 0.4) is 0 Å². The van der Waals surface area contributed by atoms with Crippen molar-refractivity contribution in [3.63, 3.8) is 0 Å². The Morgan fingerprint density at radius 3 is 2.65 bits per heavy atom. The van der Waals surface area contributed by atoms with Crippen LogP contribution in [0.25, 0.3) is 0 Å². The van der Waals surface area contributed by atoms with E-state index in [2.05, 4.69) is 56.5 Å². The van der Waals surface area contributed by atoms with Crippen molar-refractivity contribution in [1.29, 1.82) is 0 Å². The van der Waals surface area contributed by atoms with E-state index >= 15 is 0 Å². The Hall–Kier alpha value is -2.74. The van der Waals surface area contributed by atoms with E-state index in [0.717, 1.165) is 44.7 Å². The molecule has 0 amide bonds. The normalized spacial score (nSPS) is 21.9. The van der Waals surface area contributed by atoms with Gasteiger partial charge in [0.2, 0.25) is 5.95 Å². The van der Waals surface area contributed by atoms with E-state index in [1.165, 1.54) is 17.4 Å². The molecule has 1 aromatic heterocycles. The Morgan fingerprint density at radius 2 is 1.97 bits per heavy atom. The number of aryl methyl sites for hydroxylation is 1. The first-order valence-electron chi connectivity index (χ1n) is 11.0. The largest absolute Gasteiger partial charge is 0.369 e. The van der Waals surface area contributed by atoms with Crippen molar-refractivity contribution in [1.82, 2.24) is 14.9 Å². The van der Waals surface area contributed by atoms with E-state index in [1.54, 1.807) is 6.92 Å². The van der Waals surface area contributed by atoms with E-state index < -0.39 is 5.82 Å². The Bertz CT molecular complexity index is 944. The fourth-order valence-electron chi connectivity index (χ4n) is 4.47. The van der Waals surface area contributed by atoms with Crippen LogP contribution < -0.4 is 15.5 Å². The number of carbonyl (C=O) groups excluding carboxylic acids is 1. The lowest BCUT2D eigenvalue weighted by atomic mass is 10.0. The van der Waals surface area contributed by atoms with Gasteiger partial charge in [-0.25, -0.2) is 9.37 Å². The SMILES string of the molecule is CC(=O)[C@H]1CC[C@@H](Nc2nc(Nc3ccc(N4CCN(C)CC4)c(C)c3)ncc2F)C1. The molecule has 1 saturated heterocycles. The van der Waals surface area contributed by atoms with Gasteiger partial charge in [0.05, 0.1) is 6.20 Å². The topological polar surface area (TPSA) is 73.4 Å². The third-order valence-electron chi connectivity index (χ3n) is 6.39. The zero-order chi connectivity index (χ0) is 22.0. The lowest BCUT2D eigenvalue weighted by Crippen LogP contribution is -2.44. The minimum atomic E-state index is -0.488. The molecule has 1 aromatic carbocycles. The summed E-state index contributed by atoms with van der Waals surface area (Å²) in [5.41, 5.74) is 3.28. The third kappa shape index (κ3) is 5.12. The first-order chi connectivity index (χ1) is 14.9. The second-order valence-corrected chi connectivity index (χ2v) is 8.77. The lowest BCUT2D eigenvalue weighted by molar-refractivity contribution is -0.120.